The van der Waals surface area contributed by atoms with Gasteiger partial charge in [-0.2, -0.15) is 0 Å². The Morgan fingerprint density at radius 1 is 1.14 bits per heavy atom. The van der Waals surface area contributed by atoms with Crippen molar-refractivity contribution >= 4 is 51.7 Å². The number of esters is 1. The van der Waals surface area contributed by atoms with E-state index in [2.05, 4.69) is 34.2 Å². The van der Waals surface area contributed by atoms with Gasteiger partial charge in [-0.25, -0.2) is 9.79 Å². The zero-order valence-corrected chi connectivity index (χ0v) is 22.0. The fraction of sp³-hybridized carbons (Fsp3) is 0.214. The Labute approximate surface area is 223 Å². The Bertz CT molecular complexity index is 1410. The molecule has 0 atom stereocenters. The Hall–Kier alpha value is -2.90. The van der Waals surface area contributed by atoms with Crippen molar-refractivity contribution in [2.45, 2.75) is 26.4 Å². The molecule has 1 aliphatic heterocycles. The van der Waals surface area contributed by atoms with Gasteiger partial charge >= 0.3 is 5.97 Å². The number of carbonyl (C=O) groups is 1. The minimum absolute atomic E-state index is 0.314. The Kier molecular flexibility index (Phi) is 7.58. The molecule has 5 nitrogen and oxygen atoms in total. The van der Waals surface area contributed by atoms with Crippen LogP contribution < -0.4 is 0 Å². The summed E-state index contributed by atoms with van der Waals surface area (Å²) in [6, 6.07) is 19.5. The molecule has 2 aromatic carbocycles. The number of halogens is 2. The van der Waals surface area contributed by atoms with Crippen molar-refractivity contribution in [3.63, 3.8) is 0 Å². The number of ether oxygens (including phenoxy) is 1. The van der Waals surface area contributed by atoms with E-state index in [1.54, 1.807) is 12.3 Å². The fourth-order valence-electron chi connectivity index (χ4n) is 4.31. The first-order valence-electron chi connectivity index (χ1n) is 11.7. The van der Waals surface area contributed by atoms with Crippen LogP contribution in [0.3, 0.4) is 0 Å². The standard InChI is InChI=1S/C28H24Cl2N2O3S/c1-2-34-28(33)25-21-13-14-32(16-18-7-4-3-5-8-18)17-24(21)36-27(25)31-15-19-11-12-23(35-19)20-9-6-10-22(29)26(20)30/h3-12,15H,2,13-14,16-17H2,1H3. The van der Waals surface area contributed by atoms with E-state index >= 15 is 0 Å². The summed E-state index contributed by atoms with van der Waals surface area (Å²) in [6.45, 7) is 4.64. The number of benzene rings is 2. The third-order valence-corrected chi connectivity index (χ3v) is 7.94. The summed E-state index contributed by atoms with van der Waals surface area (Å²) < 4.78 is 11.3. The SMILES string of the molecule is CCOC(=O)c1c(N=Cc2ccc(-c3cccc(Cl)c3Cl)o2)sc2c1CCN(Cc1ccccc1)C2. The van der Waals surface area contributed by atoms with Crippen LogP contribution in [0.2, 0.25) is 10.0 Å². The lowest BCUT2D eigenvalue weighted by molar-refractivity contribution is 0.0526. The van der Waals surface area contributed by atoms with Crippen molar-refractivity contribution in [1.82, 2.24) is 4.90 Å². The van der Waals surface area contributed by atoms with Crippen molar-refractivity contribution in [2.24, 2.45) is 4.99 Å². The lowest BCUT2D eigenvalue weighted by Crippen LogP contribution is -2.29. The maximum Gasteiger partial charge on any atom is 0.341 e. The highest BCUT2D eigenvalue weighted by atomic mass is 35.5. The summed E-state index contributed by atoms with van der Waals surface area (Å²) in [6.07, 6.45) is 2.41. The van der Waals surface area contributed by atoms with Gasteiger partial charge in [0.1, 0.15) is 16.5 Å². The number of aliphatic imine (C=N–C) groups is 1. The third-order valence-electron chi connectivity index (χ3n) is 6.00. The molecule has 0 unspecified atom stereocenters. The zero-order chi connectivity index (χ0) is 25.1. The quantitative estimate of drug-likeness (QED) is 0.178. The van der Waals surface area contributed by atoms with Gasteiger partial charge in [-0.1, -0.05) is 59.6 Å². The first-order valence-corrected chi connectivity index (χ1v) is 13.3. The van der Waals surface area contributed by atoms with Gasteiger partial charge in [0, 0.05) is 30.1 Å². The van der Waals surface area contributed by atoms with Gasteiger partial charge in [0.2, 0.25) is 0 Å². The first kappa shape index (κ1) is 24.8. The smallest absolute Gasteiger partial charge is 0.341 e. The maximum atomic E-state index is 12.9. The second-order valence-electron chi connectivity index (χ2n) is 8.41. The molecule has 4 aromatic rings. The number of nitrogens with zero attached hydrogens (tertiary/aromatic N) is 2. The molecule has 3 heterocycles. The predicted molar refractivity (Wildman–Crippen MR) is 146 cm³/mol. The van der Waals surface area contributed by atoms with Crippen LogP contribution in [0.4, 0.5) is 5.00 Å². The van der Waals surface area contributed by atoms with Gasteiger partial charge in [0.05, 0.1) is 28.4 Å². The van der Waals surface area contributed by atoms with Gasteiger partial charge in [-0.05, 0) is 48.7 Å². The van der Waals surface area contributed by atoms with Crippen molar-refractivity contribution in [2.75, 3.05) is 13.2 Å². The molecule has 0 N–H and O–H groups in total. The monoisotopic (exact) mass is 538 g/mol. The van der Waals surface area contributed by atoms with Crippen molar-refractivity contribution < 1.29 is 13.9 Å². The molecule has 0 amide bonds. The number of thiophene rings is 1. The van der Waals surface area contributed by atoms with E-state index < -0.39 is 0 Å². The van der Waals surface area contributed by atoms with Crippen LogP contribution in [0.25, 0.3) is 11.3 Å². The van der Waals surface area contributed by atoms with Crippen molar-refractivity contribution in [1.29, 1.82) is 0 Å². The van der Waals surface area contributed by atoms with Crippen LogP contribution in [0.1, 0.15) is 39.0 Å². The Morgan fingerprint density at radius 2 is 1.97 bits per heavy atom. The summed E-state index contributed by atoms with van der Waals surface area (Å²) in [5, 5.41) is 1.54. The summed E-state index contributed by atoms with van der Waals surface area (Å²) in [4.78, 5) is 21.1. The molecule has 0 fully saturated rings. The van der Waals surface area contributed by atoms with Crippen LogP contribution in [0, 0.1) is 0 Å². The molecule has 0 aliphatic carbocycles. The number of hydrogen-bond donors (Lipinski definition) is 0. The second kappa shape index (κ2) is 11.0. The first-order chi connectivity index (χ1) is 17.5. The molecule has 0 saturated heterocycles. The van der Waals surface area contributed by atoms with Crippen molar-refractivity contribution in [3.05, 3.63) is 98.0 Å². The Morgan fingerprint density at radius 3 is 2.78 bits per heavy atom. The van der Waals surface area contributed by atoms with Gasteiger partial charge in [-0.15, -0.1) is 11.3 Å². The third kappa shape index (κ3) is 5.27. The normalized spacial score (nSPS) is 13.8. The van der Waals surface area contributed by atoms with E-state index in [1.807, 2.05) is 37.3 Å². The largest absolute Gasteiger partial charge is 0.462 e. The molecule has 0 spiro atoms. The summed E-state index contributed by atoms with van der Waals surface area (Å²) in [7, 11) is 0. The molecule has 0 bridgehead atoms. The van der Waals surface area contributed by atoms with Crippen LogP contribution in [-0.4, -0.2) is 30.2 Å². The lowest BCUT2D eigenvalue weighted by Gasteiger charge is -2.27. The predicted octanol–water partition coefficient (Wildman–Crippen LogP) is 7.80. The molecular weight excluding hydrogens is 515 g/mol. The minimum atomic E-state index is -0.329. The number of hydrogen-bond acceptors (Lipinski definition) is 6. The molecule has 36 heavy (non-hydrogen) atoms. The molecule has 5 rings (SSSR count). The van der Waals surface area contributed by atoms with Gasteiger partial charge in [0.25, 0.3) is 0 Å². The van der Waals surface area contributed by atoms with Gasteiger partial charge < -0.3 is 9.15 Å². The molecule has 0 saturated carbocycles. The van der Waals surface area contributed by atoms with Gasteiger partial charge in [0.15, 0.2) is 0 Å². The van der Waals surface area contributed by atoms with E-state index in [0.29, 0.717) is 44.3 Å². The molecular formula is C28H24Cl2N2O3S. The molecule has 184 valence electrons. The van der Waals surface area contributed by atoms with E-state index in [-0.39, 0.29) is 5.97 Å². The summed E-state index contributed by atoms with van der Waals surface area (Å²) in [5.41, 5.74) is 3.59. The molecule has 0 radical (unpaired) electrons. The van der Waals surface area contributed by atoms with E-state index in [9.17, 15) is 4.79 Å². The van der Waals surface area contributed by atoms with E-state index in [0.717, 1.165) is 36.5 Å². The molecule has 8 heteroatoms. The van der Waals surface area contributed by atoms with E-state index in [4.69, 9.17) is 32.4 Å². The van der Waals surface area contributed by atoms with Crippen LogP contribution in [0.15, 0.2) is 70.1 Å². The summed E-state index contributed by atoms with van der Waals surface area (Å²) >= 11 is 14.0. The minimum Gasteiger partial charge on any atom is -0.462 e. The topological polar surface area (TPSA) is 55.0 Å². The van der Waals surface area contributed by atoms with Gasteiger partial charge in [-0.3, -0.25) is 4.90 Å². The highest BCUT2D eigenvalue weighted by molar-refractivity contribution is 7.16. The van der Waals surface area contributed by atoms with Crippen LogP contribution >= 0.6 is 34.5 Å². The van der Waals surface area contributed by atoms with Crippen molar-refractivity contribution in [3.8, 4) is 11.3 Å². The highest BCUT2D eigenvalue weighted by Crippen LogP contribution is 2.40. The van der Waals surface area contributed by atoms with Crippen LogP contribution in [-0.2, 0) is 24.2 Å². The Balaban J connectivity index is 1.41. The number of carbonyl (C=O) groups excluding carboxylic acids is 1. The summed E-state index contributed by atoms with van der Waals surface area (Å²) in [5.74, 6) is 0.814. The number of rotatable bonds is 7. The number of fused-ring (bicyclic) bond motifs is 1. The molecule has 2 aromatic heterocycles. The lowest BCUT2D eigenvalue weighted by atomic mass is 10.0. The zero-order valence-electron chi connectivity index (χ0n) is 19.7. The molecule has 1 aliphatic rings. The second-order valence-corrected chi connectivity index (χ2v) is 10.3. The average Bonchev–Trinajstić information content (AvgIpc) is 3.49. The number of furan rings is 1. The highest BCUT2D eigenvalue weighted by Gasteiger charge is 2.28. The fourth-order valence-corrected chi connectivity index (χ4v) is 5.92. The maximum absolute atomic E-state index is 12.9. The van der Waals surface area contributed by atoms with Crippen LogP contribution in [0.5, 0.6) is 0 Å². The average molecular weight is 539 g/mol. The van der Waals surface area contributed by atoms with E-state index in [1.165, 1.54) is 16.9 Å².